The number of nitriles is 1. The molecule has 0 unspecified atom stereocenters. The molecule has 0 radical (unpaired) electrons. The molecule has 1 aliphatic heterocycles. The van der Waals surface area contributed by atoms with Gasteiger partial charge in [-0.05, 0) is 30.0 Å². The highest BCUT2D eigenvalue weighted by Gasteiger charge is 2.42. The molecule has 1 atom stereocenters. The largest absolute Gasteiger partial charge is 0.494 e. The summed E-state index contributed by atoms with van der Waals surface area (Å²) in [5.41, 5.74) is 7.52. The Labute approximate surface area is 147 Å². The molecule has 2 aliphatic rings. The minimum Gasteiger partial charge on any atom is -0.494 e. The van der Waals surface area contributed by atoms with Crippen LogP contribution in [-0.2, 0) is 9.53 Å². The van der Waals surface area contributed by atoms with Crippen LogP contribution in [0.2, 0.25) is 0 Å². The highest BCUT2D eigenvalue weighted by Crippen LogP contribution is 2.47. The molecule has 1 aromatic carbocycles. The number of Topliss-reactive ketones (excluding diaryl/α,β-unsaturated/α-hetero) is 1. The van der Waals surface area contributed by atoms with E-state index < -0.39 is 5.92 Å². The first-order valence-corrected chi connectivity index (χ1v) is 8.43. The van der Waals surface area contributed by atoms with Crippen LogP contribution in [0, 0.1) is 16.7 Å². The third-order valence-corrected chi connectivity index (χ3v) is 4.60. The average Bonchev–Trinajstić information content (AvgIpc) is 2.53. The van der Waals surface area contributed by atoms with E-state index in [0.29, 0.717) is 30.8 Å². The SMILES string of the molecule is CCOc1ccc([C@@H]2C(C#N)=C(N)OC3=C2C(=O)CC(C)(C)C3)cc1. The van der Waals surface area contributed by atoms with Crippen LogP contribution in [0.1, 0.15) is 45.1 Å². The van der Waals surface area contributed by atoms with E-state index in [-0.39, 0.29) is 22.7 Å². The number of benzene rings is 1. The lowest BCUT2D eigenvalue weighted by atomic mass is 9.70. The van der Waals surface area contributed by atoms with Gasteiger partial charge in [-0.15, -0.1) is 0 Å². The normalized spacial score (nSPS) is 22.2. The number of allylic oxidation sites excluding steroid dienone is 3. The van der Waals surface area contributed by atoms with Crippen LogP contribution in [-0.4, -0.2) is 12.4 Å². The number of ether oxygens (including phenoxy) is 2. The van der Waals surface area contributed by atoms with E-state index in [9.17, 15) is 10.1 Å². The van der Waals surface area contributed by atoms with Crippen LogP contribution >= 0.6 is 0 Å². The lowest BCUT2D eigenvalue weighted by Gasteiger charge is -2.37. The van der Waals surface area contributed by atoms with Gasteiger partial charge < -0.3 is 15.2 Å². The molecule has 1 aromatic rings. The molecule has 0 spiro atoms. The predicted molar refractivity (Wildman–Crippen MR) is 93.3 cm³/mol. The minimum absolute atomic E-state index is 0.0189. The Bertz CT molecular complexity index is 810. The lowest BCUT2D eigenvalue weighted by molar-refractivity contribution is -0.119. The molecule has 25 heavy (non-hydrogen) atoms. The van der Waals surface area contributed by atoms with E-state index in [4.69, 9.17) is 15.2 Å². The quantitative estimate of drug-likeness (QED) is 0.911. The minimum atomic E-state index is -0.479. The van der Waals surface area contributed by atoms with Crippen LogP contribution in [0.5, 0.6) is 5.75 Å². The number of nitrogens with zero attached hydrogens (tertiary/aromatic N) is 1. The molecule has 1 aliphatic carbocycles. The smallest absolute Gasteiger partial charge is 0.205 e. The molecule has 2 N–H and O–H groups in total. The lowest BCUT2D eigenvalue weighted by Crippen LogP contribution is -2.33. The molecule has 5 nitrogen and oxygen atoms in total. The van der Waals surface area contributed by atoms with E-state index in [1.807, 2.05) is 45.0 Å². The highest BCUT2D eigenvalue weighted by atomic mass is 16.5. The zero-order valence-corrected chi connectivity index (χ0v) is 14.8. The standard InChI is InChI=1S/C20H22N2O3/c1-4-24-13-7-5-12(6-8-13)17-14(11-21)19(22)25-16-10-20(2,3)9-15(23)18(16)17/h5-8,17H,4,9-10,22H2,1-3H3/t17-/m1/s1. The third-order valence-electron chi connectivity index (χ3n) is 4.60. The van der Waals surface area contributed by atoms with Crippen LogP contribution in [0.15, 0.2) is 47.1 Å². The molecule has 1 heterocycles. The molecule has 0 saturated heterocycles. The monoisotopic (exact) mass is 338 g/mol. The second-order valence-electron chi connectivity index (χ2n) is 7.20. The van der Waals surface area contributed by atoms with Gasteiger partial charge in [0.1, 0.15) is 23.2 Å². The van der Waals surface area contributed by atoms with Crippen molar-refractivity contribution in [3.8, 4) is 11.8 Å². The summed E-state index contributed by atoms with van der Waals surface area (Å²) in [6, 6.07) is 9.57. The van der Waals surface area contributed by atoms with E-state index in [1.165, 1.54) is 0 Å². The fourth-order valence-corrected chi connectivity index (χ4v) is 3.54. The molecule has 0 amide bonds. The van der Waals surface area contributed by atoms with Crippen molar-refractivity contribution in [2.45, 2.75) is 39.5 Å². The van der Waals surface area contributed by atoms with Crippen molar-refractivity contribution in [1.82, 2.24) is 0 Å². The van der Waals surface area contributed by atoms with Crippen LogP contribution in [0.25, 0.3) is 0 Å². The van der Waals surface area contributed by atoms with Gasteiger partial charge in [-0.3, -0.25) is 4.79 Å². The van der Waals surface area contributed by atoms with Crippen molar-refractivity contribution in [3.05, 3.63) is 52.6 Å². The Morgan fingerprint density at radius 2 is 2.00 bits per heavy atom. The molecule has 130 valence electrons. The predicted octanol–water partition coefficient (Wildman–Crippen LogP) is 3.54. The number of nitrogens with two attached hydrogens (primary N) is 1. The Kier molecular flexibility index (Phi) is 4.30. The summed E-state index contributed by atoms with van der Waals surface area (Å²) < 4.78 is 11.2. The summed E-state index contributed by atoms with van der Waals surface area (Å²) in [4.78, 5) is 12.8. The molecular weight excluding hydrogens is 316 g/mol. The maximum atomic E-state index is 12.8. The van der Waals surface area contributed by atoms with Crippen molar-refractivity contribution in [3.63, 3.8) is 0 Å². The number of carbonyl (C=O) groups is 1. The van der Waals surface area contributed by atoms with Gasteiger partial charge >= 0.3 is 0 Å². The zero-order valence-electron chi connectivity index (χ0n) is 14.8. The maximum Gasteiger partial charge on any atom is 0.205 e. The van der Waals surface area contributed by atoms with Crippen molar-refractivity contribution < 1.29 is 14.3 Å². The van der Waals surface area contributed by atoms with Gasteiger partial charge in [0.15, 0.2) is 5.78 Å². The van der Waals surface area contributed by atoms with Crippen molar-refractivity contribution in [1.29, 1.82) is 5.26 Å². The summed E-state index contributed by atoms with van der Waals surface area (Å²) >= 11 is 0. The molecule has 0 aromatic heterocycles. The molecule has 0 saturated carbocycles. The van der Waals surface area contributed by atoms with Gasteiger partial charge in [0, 0.05) is 18.4 Å². The molecular formula is C20H22N2O3. The second-order valence-corrected chi connectivity index (χ2v) is 7.20. The number of rotatable bonds is 3. The fourth-order valence-electron chi connectivity index (χ4n) is 3.54. The van der Waals surface area contributed by atoms with Gasteiger partial charge in [-0.1, -0.05) is 26.0 Å². The van der Waals surface area contributed by atoms with Crippen molar-refractivity contribution >= 4 is 5.78 Å². The summed E-state index contributed by atoms with van der Waals surface area (Å²) in [5, 5.41) is 9.58. The van der Waals surface area contributed by atoms with Gasteiger partial charge in [-0.2, -0.15) is 5.26 Å². The van der Waals surface area contributed by atoms with Crippen LogP contribution in [0.3, 0.4) is 0 Å². The molecule has 0 fully saturated rings. The van der Waals surface area contributed by atoms with Crippen LogP contribution in [0.4, 0.5) is 0 Å². The van der Waals surface area contributed by atoms with E-state index >= 15 is 0 Å². The van der Waals surface area contributed by atoms with E-state index in [2.05, 4.69) is 6.07 Å². The number of ketones is 1. The first-order valence-electron chi connectivity index (χ1n) is 8.43. The Hall–Kier alpha value is -2.74. The second kappa shape index (κ2) is 6.29. The zero-order chi connectivity index (χ0) is 18.2. The first-order chi connectivity index (χ1) is 11.9. The van der Waals surface area contributed by atoms with Gasteiger partial charge in [0.2, 0.25) is 5.88 Å². The summed E-state index contributed by atoms with van der Waals surface area (Å²) in [5.74, 6) is 0.972. The van der Waals surface area contributed by atoms with Crippen molar-refractivity contribution in [2.24, 2.45) is 11.1 Å². The summed E-state index contributed by atoms with van der Waals surface area (Å²) in [7, 11) is 0. The highest BCUT2D eigenvalue weighted by molar-refractivity contribution is 6.00. The number of carbonyl (C=O) groups excluding carboxylic acids is 1. The molecule has 0 bridgehead atoms. The Balaban J connectivity index is 2.09. The number of hydrogen-bond donors (Lipinski definition) is 1. The third kappa shape index (κ3) is 3.12. The molecule has 3 rings (SSSR count). The summed E-state index contributed by atoms with van der Waals surface area (Å²) in [6.45, 7) is 6.56. The topological polar surface area (TPSA) is 85.3 Å². The van der Waals surface area contributed by atoms with Gasteiger partial charge in [-0.25, -0.2) is 0 Å². The van der Waals surface area contributed by atoms with Crippen molar-refractivity contribution in [2.75, 3.05) is 6.61 Å². The van der Waals surface area contributed by atoms with Gasteiger partial charge in [0.05, 0.1) is 12.5 Å². The Morgan fingerprint density at radius 1 is 1.32 bits per heavy atom. The Morgan fingerprint density at radius 3 is 2.60 bits per heavy atom. The maximum absolute atomic E-state index is 12.8. The van der Waals surface area contributed by atoms with Crippen LogP contribution < -0.4 is 10.5 Å². The molecule has 5 heteroatoms. The average molecular weight is 338 g/mol. The van der Waals surface area contributed by atoms with E-state index in [0.717, 1.165) is 11.3 Å². The fraction of sp³-hybridized carbons (Fsp3) is 0.400. The van der Waals surface area contributed by atoms with E-state index in [1.54, 1.807) is 0 Å². The van der Waals surface area contributed by atoms with Gasteiger partial charge in [0.25, 0.3) is 0 Å². The first kappa shape index (κ1) is 17.1. The summed E-state index contributed by atoms with van der Waals surface area (Å²) in [6.07, 6.45) is 1.06. The number of hydrogen-bond acceptors (Lipinski definition) is 5.